The fourth-order valence-corrected chi connectivity index (χ4v) is 3.57. The maximum atomic E-state index is 12.3. The van der Waals surface area contributed by atoms with Crippen molar-refractivity contribution in [1.29, 1.82) is 0 Å². The normalized spacial score (nSPS) is 31.7. The van der Waals surface area contributed by atoms with Crippen molar-refractivity contribution in [2.24, 2.45) is 11.8 Å². The van der Waals surface area contributed by atoms with E-state index >= 15 is 0 Å². The Morgan fingerprint density at radius 1 is 1.40 bits per heavy atom. The van der Waals surface area contributed by atoms with Crippen LogP contribution in [0.2, 0.25) is 0 Å². The van der Waals surface area contributed by atoms with E-state index in [1.54, 1.807) is 0 Å². The van der Waals surface area contributed by atoms with Gasteiger partial charge in [0.2, 0.25) is 5.91 Å². The summed E-state index contributed by atoms with van der Waals surface area (Å²) in [7, 11) is 0. The standard InChI is InChI=1S/C16H31N3O/c1-12(2)11-19-8-4-5-15(19)10-18-16(20)14-6-7-17-13(3)9-14/h12-15,17H,4-11H2,1-3H3,(H,18,20)/t13-,14-,15+/m0/s1. The van der Waals surface area contributed by atoms with Crippen LogP contribution < -0.4 is 10.6 Å². The Morgan fingerprint density at radius 2 is 2.20 bits per heavy atom. The van der Waals surface area contributed by atoms with Gasteiger partial charge in [-0.15, -0.1) is 0 Å². The molecule has 116 valence electrons. The van der Waals surface area contributed by atoms with Crippen LogP contribution in [-0.4, -0.2) is 49.1 Å². The van der Waals surface area contributed by atoms with Gasteiger partial charge in [0.1, 0.15) is 0 Å². The van der Waals surface area contributed by atoms with Crippen LogP contribution in [0.5, 0.6) is 0 Å². The second-order valence-corrected chi connectivity index (χ2v) is 7.01. The van der Waals surface area contributed by atoms with E-state index in [1.807, 2.05) is 0 Å². The highest BCUT2D eigenvalue weighted by molar-refractivity contribution is 5.78. The number of carbonyl (C=O) groups excluding carboxylic acids is 1. The number of hydrogen-bond donors (Lipinski definition) is 2. The molecule has 0 aromatic carbocycles. The number of carbonyl (C=O) groups is 1. The van der Waals surface area contributed by atoms with Crippen LogP contribution in [-0.2, 0) is 4.79 Å². The van der Waals surface area contributed by atoms with Gasteiger partial charge >= 0.3 is 0 Å². The number of rotatable bonds is 5. The lowest BCUT2D eigenvalue weighted by atomic mass is 9.92. The molecular weight excluding hydrogens is 250 g/mol. The molecule has 0 saturated carbocycles. The average molecular weight is 281 g/mol. The minimum Gasteiger partial charge on any atom is -0.354 e. The van der Waals surface area contributed by atoms with Crippen molar-refractivity contribution in [3.05, 3.63) is 0 Å². The number of nitrogens with zero attached hydrogens (tertiary/aromatic N) is 1. The predicted molar refractivity (Wildman–Crippen MR) is 82.6 cm³/mol. The molecular formula is C16H31N3O. The third kappa shape index (κ3) is 4.45. The highest BCUT2D eigenvalue weighted by Crippen LogP contribution is 2.19. The van der Waals surface area contributed by atoms with Gasteiger partial charge in [-0.1, -0.05) is 13.8 Å². The summed E-state index contributed by atoms with van der Waals surface area (Å²) in [5, 5.41) is 6.61. The van der Waals surface area contributed by atoms with Crippen LogP contribution in [0.25, 0.3) is 0 Å². The molecule has 3 atom stereocenters. The maximum absolute atomic E-state index is 12.3. The van der Waals surface area contributed by atoms with E-state index in [1.165, 1.54) is 19.4 Å². The zero-order valence-corrected chi connectivity index (χ0v) is 13.3. The van der Waals surface area contributed by atoms with E-state index in [0.29, 0.717) is 18.0 Å². The molecule has 0 radical (unpaired) electrons. The first kappa shape index (κ1) is 15.8. The number of amides is 1. The second kappa shape index (κ2) is 7.41. The van der Waals surface area contributed by atoms with E-state index in [4.69, 9.17) is 0 Å². The van der Waals surface area contributed by atoms with Crippen molar-refractivity contribution in [2.75, 3.05) is 26.2 Å². The monoisotopic (exact) mass is 281 g/mol. The number of nitrogens with one attached hydrogen (secondary N) is 2. The largest absolute Gasteiger partial charge is 0.354 e. The maximum Gasteiger partial charge on any atom is 0.223 e. The van der Waals surface area contributed by atoms with Gasteiger partial charge in [-0.3, -0.25) is 9.69 Å². The van der Waals surface area contributed by atoms with Crippen LogP contribution in [0, 0.1) is 11.8 Å². The lowest BCUT2D eigenvalue weighted by Crippen LogP contribution is -2.46. The Kier molecular flexibility index (Phi) is 5.85. The Labute approximate surface area is 123 Å². The first-order chi connectivity index (χ1) is 9.56. The summed E-state index contributed by atoms with van der Waals surface area (Å²) >= 11 is 0. The zero-order valence-electron chi connectivity index (χ0n) is 13.3. The van der Waals surface area contributed by atoms with Gasteiger partial charge in [0.05, 0.1) is 0 Å². The molecule has 1 amide bonds. The molecule has 2 N–H and O–H groups in total. The first-order valence-corrected chi connectivity index (χ1v) is 8.31. The molecule has 2 aliphatic rings. The summed E-state index contributed by atoms with van der Waals surface area (Å²) in [4.78, 5) is 14.8. The molecule has 2 heterocycles. The van der Waals surface area contributed by atoms with Gasteiger partial charge in [0, 0.05) is 31.1 Å². The Hall–Kier alpha value is -0.610. The molecule has 4 nitrogen and oxygen atoms in total. The van der Waals surface area contributed by atoms with Gasteiger partial charge in [-0.05, 0) is 51.6 Å². The third-order valence-corrected chi connectivity index (χ3v) is 4.61. The fourth-order valence-electron chi connectivity index (χ4n) is 3.57. The van der Waals surface area contributed by atoms with E-state index < -0.39 is 0 Å². The van der Waals surface area contributed by atoms with E-state index in [2.05, 4.69) is 36.3 Å². The van der Waals surface area contributed by atoms with Gasteiger partial charge in [-0.2, -0.15) is 0 Å². The fraction of sp³-hybridized carbons (Fsp3) is 0.938. The highest BCUT2D eigenvalue weighted by Gasteiger charge is 2.28. The number of piperidine rings is 1. The lowest BCUT2D eigenvalue weighted by Gasteiger charge is -2.29. The van der Waals surface area contributed by atoms with Gasteiger partial charge in [-0.25, -0.2) is 0 Å². The van der Waals surface area contributed by atoms with Crippen molar-refractivity contribution < 1.29 is 4.79 Å². The van der Waals surface area contributed by atoms with E-state index in [0.717, 1.165) is 32.5 Å². The summed E-state index contributed by atoms with van der Waals surface area (Å²) in [6, 6.07) is 1.03. The Morgan fingerprint density at radius 3 is 2.90 bits per heavy atom. The number of hydrogen-bond acceptors (Lipinski definition) is 3. The quantitative estimate of drug-likeness (QED) is 0.805. The molecule has 0 aromatic rings. The molecule has 0 unspecified atom stereocenters. The molecule has 20 heavy (non-hydrogen) atoms. The predicted octanol–water partition coefficient (Wildman–Crippen LogP) is 1.61. The summed E-state index contributed by atoms with van der Waals surface area (Å²) in [5.41, 5.74) is 0. The van der Waals surface area contributed by atoms with Gasteiger partial charge in [0.25, 0.3) is 0 Å². The highest BCUT2D eigenvalue weighted by atomic mass is 16.1. The van der Waals surface area contributed by atoms with Crippen LogP contribution in [0.3, 0.4) is 0 Å². The Bertz CT molecular complexity index is 319. The topological polar surface area (TPSA) is 44.4 Å². The second-order valence-electron chi connectivity index (χ2n) is 7.01. The summed E-state index contributed by atoms with van der Waals surface area (Å²) < 4.78 is 0. The van der Waals surface area contributed by atoms with E-state index in [9.17, 15) is 4.79 Å². The minimum absolute atomic E-state index is 0.214. The lowest BCUT2D eigenvalue weighted by molar-refractivity contribution is -0.126. The molecule has 0 spiro atoms. The van der Waals surface area contributed by atoms with E-state index in [-0.39, 0.29) is 11.8 Å². The smallest absolute Gasteiger partial charge is 0.223 e. The van der Waals surface area contributed by atoms with Crippen LogP contribution in [0.4, 0.5) is 0 Å². The number of likely N-dealkylation sites (tertiary alicyclic amines) is 1. The SMILES string of the molecule is CC(C)CN1CCC[C@@H]1CNC(=O)[C@H]1CCN[C@@H](C)C1. The van der Waals surface area contributed by atoms with Crippen molar-refractivity contribution in [1.82, 2.24) is 15.5 Å². The molecule has 4 heteroatoms. The van der Waals surface area contributed by atoms with Crippen molar-refractivity contribution >= 4 is 5.91 Å². The summed E-state index contributed by atoms with van der Waals surface area (Å²) in [6.07, 6.45) is 4.47. The molecule has 0 bridgehead atoms. The summed E-state index contributed by atoms with van der Waals surface area (Å²) in [5.74, 6) is 1.19. The zero-order chi connectivity index (χ0) is 14.5. The first-order valence-electron chi connectivity index (χ1n) is 8.31. The summed E-state index contributed by atoms with van der Waals surface area (Å²) in [6.45, 7) is 10.9. The molecule has 2 fully saturated rings. The molecule has 0 aromatic heterocycles. The van der Waals surface area contributed by atoms with Crippen LogP contribution in [0.15, 0.2) is 0 Å². The molecule has 2 aliphatic heterocycles. The Balaban J connectivity index is 1.74. The van der Waals surface area contributed by atoms with Crippen LogP contribution in [0.1, 0.15) is 46.5 Å². The molecule has 2 saturated heterocycles. The van der Waals surface area contributed by atoms with Crippen LogP contribution >= 0.6 is 0 Å². The molecule has 2 rings (SSSR count). The average Bonchev–Trinajstić information content (AvgIpc) is 2.82. The third-order valence-electron chi connectivity index (χ3n) is 4.61. The van der Waals surface area contributed by atoms with Crippen molar-refractivity contribution in [3.63, 3.8) is 0 Å². The van der Waals surface area contributed by atoms with Gasteiger partial charge in [0.15, 0.2) is 0 Å². The van der Waals surface area contributed by atoms with Crippen molar-refractivity contribution in [2.45, 2.75) is 58.5 Å². The van der Waals surface area contributed by atoms with Gasteiger partial charge < -0.3 is 10.6 Å². The van der Waals surface area contributed by atoms with Crippen molar-refractivity contribution in [3.8, 4) is 0 Å². The minimum atomic E-state index is 0.214. The molecule has 0 aliphatic carbocycles.